The zero-order valence-electron chi connectivity index (χ0n) is 27.0. The number of imidazole rings is 1. The second-order valence-electron chi connectivity index (χ2n) is 12.5. The molecule has 0 radical (unpaired) electrons. The molecular weight excluding hydrogens is 650 g/mol. The Morgan fingerprint density at radius 1 is 1.09 bits per heavy atom. The SMILES string of the molecule is COc1ccc(CNc2nccn3c(C4CN(C(=O)OC(C)(C)C)C(COCC(=O)OC(C)(C)C)CO4)nc(Br)c23)c(OC)c1. The van der Waals surface area contributed by atoms with E-state index in [0.717, 1.165) is 5.56 Å². The van der Waals surface area contributed by atoms with Crippen molar-refractivity contribution in [1.82, 2.24) is 19.3 Å². The fraction of sp³-hybridized carbons (Fsp3) is 0.548. The van der Waals surface area contributed by atoms with E-state index in [4.69, 9.17) is 33.4 Å². The van der Waals surface area contributed by atoms with Crippen LogP contribution in [0.4, 0.5) is 10.6 Å². The van der Waals surface area contributed by atoms with E-state index >= 15 is 0 Å². The highest BCUT2D eigenvalue weighted by atomic mass is 79.9. The minimum absolute atomic E-state index is 0.0596. The van der Waals surface area contributed by atoms with Crippen molar-refractivity contribution in [1.29, 1.82) is 0 Å². The lowest BCUT2D eigenvalue weighted by Crippen LogP contribution is -2.53. The summed E-state index contributed by atoms with van der Waals surface area (Å²) in [6, 6.07) is 5.13. The summed E-state index contributed by atoms with van der Waals surface area (Å²) in [6.45, 7) is 11.3. The van der Waals surface area contributed by atoms with Crippen LogP contribution in [0.2, 0.25) is 0 Å². The molecule has 1 aliphatic rings. The van der Waals surface area contributed by atoms with Gasteiger partial charge in [-0.25, -0.2) is 19.6 Å². The summed E-state index contributed by atoms with van der Waals surface area (Å²) >= 11 is 3.59. The lowest BCUT2D eigenvalue weighted by atomic mass is 10.1. The quantitative estimate of drug-likeness (QED) is 0.283. The predicted molar refractivity (Wildman–Crippen MR) is 170 cm³/mol. The Morgan fingerprint density at radius 3 is 2.49 bits per heavy atom. The molecule has 2 unspecified atom stereocenters. The molecule has 4 rings (SSSR count). The summed E-state index contributed by atoms with van der Waals surface area (Å²) in [7, 11) is 3.22. The standard InChI is InChI=1S/C31H42BrN5O8/c1-30(2,3)44-24(38)18-42-16-20-17-43-23(15-37(20)29(39)45-31(4,5)6)28-35-26(32)25-27(33-11-12-36(25)28)34-14-19-9-10-21(40-7)13-22(19)41-8/h9-13,20,23H,14-18H2,1-8H3,(H,33,34). The Balaban J connectivity index is 1.53. The number of carbonyl (C=O) groups excluding carboxylic acids is 2. The van der Waals surface area contributed by atoms with Crippen LogP contribution in [0, 0.1) is 0 Å². The van der Waals surface area contributed by atoms with Gasteiger partial charge in [-0.05, 0) is 69.6 Å². The van der Waals surface area contributed by atoms with Gasteiger partial charge in [-0.3, -0.25) is 9.30 Å². The van der Waals surface area contributed by atoms with Crippen LogP contribution >= 0.6 is 15.9 Å². The number of nitrogens with zero attached hydrogens (tertiary/aromatic N) is 4. The maximum absolute atomic E-state index is 13.3. The number of rotatable bonds is 10. The van der Waals surface area contributed by atoms with E-state index in [1.54, 1.807) is 73.1 Å². The molecule has 2 aromatic heterocycles. The molecule has 3 heterocycles. The number of esters is 1. The molecule has 3 aromatic rings. The third kappa shape index (κ3) is 8.98. The van der Waals surface area contributed by atoms with Gasteiger partial charge in [0.1, 0.15) is 51.4 Å². The summed E-state index contributed by atoms with van der Waals surface area (Å²) < 4.78 is 36.2. The molecule has 1 aliphatic heterocycles. The molecule has 1 saturated heterocycles. The summed E-state index contributed by atoms with van der Waals surface area (Å²) in [5, 5.41) is 3.38. The number of methoxy groups -OCH3 is 2. The van der Waals surface area contributed by atoms with Gasteiger partial charge >= 0.3 is 12.1 Å². The lowest BCUT2D eigenvalue weighted by molar-refractivity contribution is -0.161. The van der Waals surface area contributed by atoms with E-state index in [1.807, 2.05) is 22.6 Å². The Hall–Kier alpha value is -3.62. The first-order valence-corrected chi connectivity index (χ1v) is 15.4. The van der Waals surface area contributed by atoms with E-state index in [1.165, 1.54) is 0 Å². The molecule has 2 atom stereocenters. The molecule has 0 bridgehead atoms. The largest absolute Gasteiger partial charge is 0.497 e. The van der Waals surface area contributed by atoms with Gasteiger partial charge in [0.15, 0.2) is 5.82 Å². The first-order valence-electron chi connectivity index (χ1n) is 14.6. The van der Waals surface area contributed by atoms with Crippen LogP contribution in [0.1, 0.15) is 59.0 Å². The first-order chi connectivity index (χ1) is 21.2. The molecule has 14 heteroatoms. The Labute approximate surface area is 271 Å². The zero-order valence-corrected chi connectivity index (χ0v) is 28.6. The van der Waals surface area contributed by atoms with Gasteiger partial charge in [0.25, 0.3) is 0 Å². The maximum Gasteiger partial charge on any atom is 0.410 e. The van der Waals surface area contributed by atoms with Crippen LogP contribution in [-0.2, 0) is 30.3 Å². The van der Waals surface area contributed by atoms with Gasteiger partial charge < -0.3 is 33.7 Å². The fourth-order valence-corrected chi connectivity index (χ4v) is 5.30. The van der Waals surface area contributed by atoms with Crippen LogP contribution in [0.15, 0.2) is 35.2 Å². The van der Waals surface area contributed by atoms with Gasteiger partial charge in [0.05, 0.1) is 40.0 Å². The Kier molecular flexibility index (Phi) is 10.8. The van der Waals surface area contributed by atoms with Crippen molar-refractivity contribution in [3.63, 3.8) is 0 Å². The van der Waals surface area contributed by atoms with Crippen LogP contribution in [-0.4, -0.2) is 89.2 Å². The van der Waals surface area contributed by atoms with E-state index in [-0.39, 0.29) is 26.4 Å². The number of anilines is 1. The van der Waals surface area contributed by atoms with E-state index in [2.05, 4.69) is 26.2 Å². The van der Waals surface area contributed by atoms with Crippen LogP contribution in [0.25, 0.3) is 5.52 Å². The van der Waals surface area contributed by atoms with Gasteiger partial charge in [0.2, 0.25) is 0 Å². The fourth-order valence-electron chi connectivity index (χ4n) is 4.74. The maximum atomic E-state index is 13.3. The third-order valence-corrected chi connectivity index (χ3v) is 7.19. The molecule has 1 N–H and O–H groups in total. The minimum Gasteiger partial charge on any atom is -0.497 e. The molecule has 0 saturated carbocycles. The van der Waals surface area contributed by atoms with E-state index in [0.29, 0.717) is 39.8 Å². The number of hydrogen-bond donors (Lipinski definition) is 1. The van der Waals surface area contributed by atoms with E-state index in [9.17, 15) is 9.59 Å². The van der Waals surface area contributed by atoms with Gasteiger partial charge in [0, 0.05) is 30.6 Å². The number of carbonyl (C=O) groups is 2. The molecule has 1 fully saturated rings. The molecule has 246 valence electrons. The number of halogens is 1. The highest BCUT2D eigenvalue weighted by Crippen LogP contribution is 2.33. The van der Waals surface area contributed by atoms with Gasteiger partial charge in [-0.15, -0.1) is 0 Å². The molecule has 45 heavy (non-hydrogen) atoms. The average Bonchev–Trinajstić information content (AvgIpc) is 3.31. The number of morpholine rings is 1. The van der Waals surface area contributed by atoms with Crippen molar-refractivity contribution in [2.45, 2.75) is 71.4 Å². The first kappa shape index (κ1) is 34.3. The van der Waals surface area contributed by atoms with Crippen molar-refractivity contribution in [3.05, 3.63) is 46.6 Å². The van der Waals surface area contributed by atoms with Crippen molar-refractivity contribution >= 4 is 39.3 Å². The lowest BCUT2D eigenvalue weighted by Gasteiger charge is -2.39. The van der Waals surface area contributed by atoms with Crippen molar-refractivity contribution in [2.75, 3.05) is 45.9 Å². The number of aromatic nitrogens is 3. The monoisotopic (exact) mass is 691 g/mol. The Bertz CT molecular complexity index is 1500. The molecule has 13 nitrogen and oxygen atoms in total. The van der Waals surface area contributed by atoms with Crippen LogP contribution < -0.4 is 14.8 Å². The average molecular weight is 693 g/mol. The van der Waals surface area contributed by atoms with Gasteiger partial charge in [-0.1, -0.05) is 0 Å². The highest BCUT2D eigenvalue weighted by Gasteiger charge is 2.38. The molecule has 0 aliphatic carbocycles. The summed E-state index contributed by atoms with van der Waals surface area (Å²) in [5.74, 6) is 2.06. The third-order valence-electron chi connectivity index (χ3n) is 6.64. The van der Waals surface area contributed by atoms with E-state index < -0.39 is 35.4 Å². The number of ether oxygens (including phenoxy) is 6. The van der Waals surface area contributed by atoms with Crippen molar-refractivity contribution in [2.24, 2.45) is 0 Å². The number of amides is 1. The second kappa shape index (κ2) is 14.2. The number of nitrogens with one attached hydrogen (secondary N) is 1. The number of fused-ring (bicyclic) bond motifs is 1. The number of hydrogen-bond acceptors (Lipinski definition) is 11. The zero-order chi connectivity index (χ0) is 32.9. The Morgan fingerprint density at radius 2 is 1.82 bits per heavy atom. The summed E-state index contributed by atoms with van der Waals surface area (Å²) in [6.07, 6.45) is 2.35. The molecule has 0 spiro atoms. The number of benzene rings is 1. The van der Waals surface area contributed by atoms with Crippen LogP contribution in [0.3, 0.4) is 0 Å². The van der Waals surface area contributed by atoms with Crippen molar-refractivity contribution in [3.8, 4) is 11.5 Å². The van der Waals surface area contributed by atoms with Crippen LogP contribution in [0.5, 0.6) is 11.5 Å². The topological polar surface area (TPSA) is 135 Å². The normalized spacial score (nSPS) is 17.2. The van der Waals surface area contributed by atoms with Gasteiger partial charge in [-0.2, -0.15) is 0 Å². The minimum atomic E-state index is -0.714. The molecule has 1 aromatic carbocycles. The van der Waals surface area contributed by atoms with Crippen molar-refractivity contribution < 1.29 is 38.0 Å². The second-order valence-corrected chi connectivity index (χ2v) is 13.2. The molecule has 1 amide bonds. The highest BCUT2D eigenvalue weighted by molar-refractivity contribution is 9.10. The smallest absolute Gasteiger partial charge is 0.410 e. The summed E-state index contributed by atoms with van der Waals surface area (Å²) in [5.41, 5.74) is 0.282. The predicted octanol–water partition coefficient (Wildman–Crippen LogP) is 5.16. The molecular formula is C31H42BrN5O8. The summed E-state index contributed by atoms with van der Waals surface area (Å²) in [4.78, 5) is 36.4.